The quantitative estimate of drug-likeness (QED) is 0.170. The standard InChI is InChI=1S/C3H2Cl2F4O.C3H2F6O.5ClH.FH.Sb/c4-2(5)10-1(6)3(7,8)9;4-1(3(7,8)9)10-2(5)6;;;;;;;/h2*1-2H;6*1H;/q;;;;;;;;+5/p-5. The van der Waals surface area contributed by atoms with E-state index in [0.29, 0.717) is 0 Å². The molecule has 0 aliphatic carbocycles. The van der Waals surface area contributed by atoms with Gasteiger partial charge in [-0.15, -0.1) is 0 Å². The summed E-state index contributed by atoms with van der Waals surface area (Å²) in [6.45, 7) is -3.75. The fraction of sp³-hybridized carbons (Fsp3) is 1.00. The van der Waals surface area contributed by atoms with Crippen molar-refractivity contribution in [1.82, 2.24) is 0 Å². The number of halogens is 18. The maximum absolute atomic E-state index is 11.6. The van der Waals surface area contributed by atoms with E-state index in [1.807, 2.05) is 0 Å². The average Bonchev–Trinajstić information content (AvgIpc) is 2.21. The molecule has 0 amide bonds. The van der Waals surface area contributed by atoms with Gasteiger partial charge >= 0.3 is 74.8 Å². The first-order valence-electron chi connectivity index (χ1n) is 4.81. The number of hydrogen-bond donors (Lipinski definition) is 0. The summed E-state index contributed by atoms with van der Waals surface area (Å²) >= 11 is 5.03. The Balaban J connectivity index is -0.000000149. The fourth-order valence-corrected chi connectivity index (χ4v) is 0.516. The first-order valence-corrected chi connectivity index (χ1v) is 21.8. The van der Waals surface area contributed by atoms with Crippen molar-refractivity contribution >= 4 is 79.0 Å². The molecule has 0 aliphatic rings. The number of hydrogen-bond acceptors (Lipinski definition) is 2. The van der Waals surface area contributed by atoms with E-state index >= 15 is 0 Å². The summed E-state index contributed by atoms with van der Waals surface area (Å²) in [5.74, 6) is 0. The molecule has 0 saturated carbocycles. The van der Waals surface area contributed by atoms with Crippen LogP contribution in [0.1, 0.15) is 0 Å². The van der Waals surface area contributed by atoms with Crippen LogP contribution in [-0.2, 0) is 9.47 Å². The molecule has 0 bridgehead atoms. The molecule has 0 saturated heterocycles. The third-order valence-corrected chi connectivity index (χ3v) is 1.17. The Hall–Kier alpha value is 2.00. The average molecular weight is 688 g/mol. The zero-order chi connectivity index (χ0) is 22.2. The zero-order valence-corrected chi connectivity index (χ0v) is 19.3. The molecule has 0 aliphatic heterocycles. The van der Waals surface area contributed by atoms with Crippen molar-refractivity contribution in [3.05, 3.63) is 0 Å². The second kappa shape index (κ2) is 14.1. The van der Waals surface area contributed by atoms with Crippen LogP contribution in [-0.4, -0.2) is 48.4 Å². The first kappa shape index (κ1) is 36.4. The van der Waals surface area contributed by atoms with Gasteiger partial charge in [0.1, 0.15) is 0 Å². The van der Waals surface area contributed by atoms with Gasteiger partial charge in [0.25, 0.3) is 12.7 Å². The molecule has 2 unspecified atom stereocenters. The second-order valence-corrected chi connectivity index (χ2v) is 42.1. The Kier molecular flexibility index (Phi) is 19.0. The first-order chi connectivity index (χ1) is 10.9. The molecule has 2 nitrogen and oxygen atoms in total. The summed E-state index contributed by atoms with van der Waals surface area (Å²) in [6.07, 6.45) is -17.8. The summed E-state index contributed by atoms with van der Waals surface area (Å²) in [5.41, 5.74) is 0. The summed E-state index contributed by atoms with van der Waals surface area (Å²) in [6, 6.07) is 0. The van der Waals surface area contributed by atoms with Crippen LogP contribution in [0.2, 0.25) is 0 Å². The summed E-state index contributed by atoms with van der Waals surface area (Å²) < 4.78 is 117. The van der Waals surface area contributed by atoms with Crippen LogP contribution in [0, 0.1) is 0 Å². The summed E-state index contributed by atoms with van der Waals surface area (Å²) in [4.78, 5) is 0. The van der Waals surface area contributed by atoms with Crippen LogP contribution in [0.5, 0.6) is 0 Å². The molecule has 0 aromatic heterocycles. The van der Waals surface area contributed by atoms with Crippen LogP contribution < -0.4 is 0 Å². The van der Waals surface area contributed by atoms with Crippen molar-refractivity contribution in [1.29, 1.82) is 0 Å². The minimum absolute atomic E-state index is 0. The third-order valence-electron chi connectivity index (χ3n) is 0.959. The number of ether oxygens (including phenoxy) is 2. The topological polar surface area (TPSA) is 18.5 Å². The molecular formula is C6H5Cl7F11O2Sb. The second-order valence-electron chi connectivity index (χ2n) is 3.15. The molecule has 0 rings (SSSR count). The van der Waals surface area contributed by atoms with Crippen LogP contribution in [0.25, 0.3) is 0 Å². The van der Waals surface area contributed by atoms with Crippen molar-refractivity contribution in [2.24, 2.45) is 0 Å². The zero-order valence-electron chi connectivity index (χ0n) is 11.4. The van der Waals surface area contributed by atoms with Gasteiger partial charge in [-0.2, -0.15) is 35.1 Å². The Morgan fingerprint density at radius 1 is 0.630 bits per heavy atom. The van der Waals surface area contributed by atoms with E-state index in [4.69, 9.17) is 44.1 Å². The Morgan fingerprint density at radius 3 is 0.926 bits per heavy atom. The van der Waals surface area contributed by atoms with Gasteiger partial charge in [-0.05, 0) is 0 Å². The molecule has 0 fully saturated rings. The molecule has 0 aromatic rings. The molecule has 0 N–H and O–H groups in total. The third kappa shape index (κ3) is 39.1. The van der Waals surface area contributed by atoms with Gasteiger partial charge in [-0.25, -0.2) is 8.78 Å². The molecule has 21 heteroatoms. The molecule has 0 radical (unpaired) electrons. The minimum atomic E-state index is -5.38. The van der Waals surface area contributed by atoms with Crippen molar-refractivity contribution in [3.8, 4) is 0 Å². The Bertz CT molecular complexity index is 343. The fourth-order valence-electron chi connectivity index (χ4n) is 0.335. The van der Waals surface area contributed by atoms with E-state index in [2.05, 4.69) is 32.7 Å². The van der Waals surface area contributed by atoms with E-state index in [1.54, 1.807) is 0 Å². The SMILES string of the molecule is F.FC(F)OC(F)C(F)(F)F.FC(OC(Cl)Cl)C(F)(F)F.[Cl][Sb]([Cl])([Cl])([Cl])[Cl]. The van der Waals surface area contributed by atoms with Gasteiger partial charge < -0.3 is 4.74 Å². The van der Waals surface area contributed by atoms with Crippen molar-refractivity contribution in [3.63, 3.8) is 0 Å². The van der Waals surface area contributed by atoms with Crippen LogP contribution in [0.3, 0.4) is 0 Å². The van der Waals surface area contributed by atoms with Crippen molar-refractivity contribution in [2.75, 3.05) is 0 Å². The predicted molar refractivity (Wildman–Crippen MR) is 83.1 cm³/mol. The van der Waals surface area contributed by atoms with Crippen molar-refractivity contribution in [2.45, 2.75) is 36.7 Å². The predicted octanol–water partition coefficient (Wildman–Crippen LogP) is 7.92. The van der Waals surface area contributed by atoms with Crippen LogP contribution in [0.15, 0.2) is 0 Å². The molecule has 2 atom stereocenters. The molecule has 0 spiro atoms. The molecule has 27 heavy (non-hydrogen) atoms. The summed E-state index contributed by atoms with van der Waals surface area (Å²) in [5, 5.41) is -1.81. The normalized spacial score (nSPS) is 16.0. The summed E-state index contributed by atoms with van der Waals surface area (Å²) in [7, 11) is 25.2. The van der Waals surface area contributed by atoms with Crippen LogP contribution in [0.4, 0.5) is 48.6 Å². The molecule has 0 heterocycles. The van der Waals surface area contributed by atoms with E-state index < -0.39 is 48.4 Å². The molecular weight excluding hydrogens is 683 g/mol. The molecule has 0 aromatic carbocycles. The van der Waals surface area contributed by atoms with Crippen LogP contribution >= 0.6 is 67.3 Å². The van der Waals surface area contributed by atoms with E-state index in [-0.39, 0.29) is 4.70 Å². The maximum atomic E-state index is 11.6. The van der Waals surface area contributed by atoms with E-state index in [1.165, 1.54) is 0 Å². The number of alkyl halides is 12. The number of rotatable bonds is 4. The van der Waals surface area contributed by atoms with Crippen molar-refractivity contribution < 1.29 is 58.1 Å². The molecule has 172 valence electrons. The van der Waals surface area contributed by atoms with Gasteiger partial charge in [-0.3, -0.25) is 9.44 Å². The van der Waals surface area contributed by atoms with Gasteiger partial charge in [0.05, 0.1) is 0 Å². The monoisotopic (exact) mass is 684 g/mol. The van der Waals surface area contributed by atoms with Gasteiger partial charge in [0.2, 0.25) is 5.02 Å². The Labute approximate surface area is 172 Å². The van der Waals surface area contributed by atoms with E-state index in [9.17, 15) is 43.9 Å². The Morgan fingerprint density at radius 2 is 0.852 bits per heavy atom. The van der Waals surface area contributed by atoms with Gasteiger partial charge in [0.15, 0.2) is 0 Å². The van der Waals surface area contributed by atoms with E-state index in [0.717, 1.165) is 0 Å². The van der Waals surface area contributed by atoms with Gasteiger partial charge in [-0.1, -0.05) is 23.2 Å². The van der Waals surface area contributed by atoms with Gasteiger partial charge in [0, 0.05) is 0 Å².